The molecule has 0 fully saturated rings. The second-order valence-electron chi connectivity index (χ2n) is 5.46. The van der Waals surface area contributed by atoms with Crippen LogP contribution in [0.15, 0.2) is 0 Å². The monoisotopic (exact) mass is 464 g/mol. The first-order valence-corrected chi connectivity index (χ1v) is 9.51. The van der Waals surface area contributed by atoms with Gasteiger partial charge < -0.3 is 10.1 Å². The van der Waals surface area contributed by atoms with Crippen molar-refractivity contribution in [3.63, 3.8) is 0 Å². The molecule has 2 heterocycles. The van der Waals surface area contributed by atoms with Gasteiger partial charge in [-0.25, -0.2) is 0 Å². The molecule has 1 atom stereocenters. The van der Waals surface area contributed by atoms with Gasteiger partial charge in [0.15, 0.2) is 0 Å². The van der Waals surface area contributed by atoms with Crippen LogP contribution in [0, 0.1) is 0 Å². The molecule has 0 aliphatic rings. The minimum absolute atomic E-state index is 0.0293. The molecule has 2 aromatic heterocycles. The van der Waals surface area contributed by atoms with Crippen LogP contribution in [0.4, 0.5) is 36.6 Å². The van der Waals surface area contributed by atoms with Crippen molar-refractivity contribution in [1.82, 2.24) is 20.4 Å². The van der Waals surface area contributed by atoms with E-state index in [0.29, 0.717) is 35.7 Å². The van der Waals surface area contributed by atoms with Crippen LogP contribution in [0.1, 0.15) is 22.9 Å². The number of aryl methyl sites for hydroxylation is 2. The van der Waals surface area contributed by atoms with E-state index in [0.717, 1.165) is 29.8 Å². The summed E-state index contributed by atoms with van der Waals surface area (Å²) >= 11 is 1.79. The molecule has 2 aromatic rings. The number of hydrogen-bond acceptors (Lipinski definition) is 9. The largest absolute Gasteiger partial charge is 0.471 e. The number of unbranched alkanes of at least 4 members (excludes halogenated alkanes) is 1. The smallest absolute Gasteiger partial charge is 0.353 e. The lowest BCUT2D eigenvalue weighted by molar-refractivity contribution is -0.202. The summed E-state index contributed by atoms with van der Waals surface area (Å²) in [6.45, 7) is 0. The maximum Gasteiger partial charge on any atom is 0.471 e. The first-order chi connectivity index (χ1) is 13.5. The highest BCUT2D eigenvalue weighted by molar-refractivity contribution is 7.15. The van der Waals surface area contributed by atoms with Gasteiger partial charge >= 0.3 is 18.3 Å². The van der Waals surface area contributed by atoms with Crippen molar-refractivity contribution in [1.29, 1.82) is 0 Å². The van der Waals surface area contributed by atoms with Crippen LogP contribution >= 0.6 is 22.7 Å². The fourth-order valence-electron chi connectivity index (χ4n) is 1.93. The summed E-state index contributed by atoms with van der Waals surface area (Å²) in [4.78, 5) is 10.8. The summed E-state index contributed by atoms with van der Waals surface area (Å²) in [7, 11) is 0.917. The molecule has 2 N–H and O–H groups in total. The van der Waals surface area contributed by atoms with E-state index >= 15 is 0 Å². The number of alkyl halides is 6. The maximum atomic E-state index is 12.6. The number of halogens is 6. The Morgan fingerprint density at radius 3 is 1.97 bits per heavy atom. The molecule has 0 saturated carbocycles. The van der Waals surface area contributed by atoms with E-state index < -0.39 is 24.5 Å². The molecule has 29 heavy (non-hydrogen) atoms. The van der Waals surface area contributed by atoms with Crippen LogP contribution in [0.5, 0.6) is 0 Å². The van der Waals surface area contributed by atoms with Gasteiger partial charge in [-0.05, 0) is 12.8 Å². The van der Waals surface area contributed by atoms with Crippen LogP contribution in [-0.4, -0.2) is 52.0 Å². The van der Waals surface area contributed by atoms with Crippen molar-refractivity contribution < 1.29 is 35.9 Å². The number of anilines is 2. The van der Waals surface area contributed by atoms with E-state index in [1.165, 1.54) is 0 Å². The normalized spacial score (nSPS) is 13.3. The standard InChI is InChI=1S/C13H14F6N6O2S2/c1-27-9(13(17,18)19)21-11-25-23-7(29-11)5-3-2-4-6-22-24-10(28-6)20-8(26)12(14,15)16/h9H,2-5H2,1H3,(H,21,25)(H,20,24,26). The summed E-state index contributed by atoms with van der Waals surface area (Å²) in [5.41, 5.74) is 0. The van der Waals surface area contributed by atoms with E-state index in [4.69, 9.17) is 0 Å². The number of amides is 1. The molecular weight excluding hydrogens is 450 g/mol. The van der Waals surface area contributed by atoms with E-state index in [-0.39, 0.29) is 10.3 Å². The van der Waals surface area contributed by atoms with Gasteiger partial charge in [0.05, 0.1) is 0 Å². The highest BCUT2D eigenvalue weighted by Gasteiger charge is 2.41. The first-order valence-electron chi connectivity index (χ1n) is 7.88. The van der Waals surface area contributed by atoms with Crippen molar-refractivity contribution in [2.24, 2.45) is 0 Å². The Labute approximate surface area is 167 Å². The van der Waals surface area contributed by atoms with Crippen LogP contribution in [0.25, 0.3) is 0 Å². The zero-order valence-corrected chi connectivity index (χ0v) is 16.2. The van der Waals surface area contributed by atoms with Crippen LogP contribution in [0.3, 0.4) is 0 Å². The van der Waals surface area contributed by atoms with Crippen molar-refractivity contribution in [2.45, 2.75) is 44.3 Å². The SMILES string of the molecule is COC(Nc1nnc(CCCCc2nnc(NC(=O)C(F)(F)F)s2)s1)C(F)(F)F. The summed E-state index contributed by atoms with van der Waals surface area (Å²) in [6.07, 6.45) is -9.78. The number of aromatic nitrogens is 4. The van der Waals surface area contributed by atoms with Crippen molar-refractivity contribution >= 4 is 38.8 Å². The Morgan fingerprint density at radius 1 is 0.966 bits per heavy atom. The molecule has 0 bridgehead atoms. The average molecular weight is 464 g/mol. The number of carbonyl (C=O) groups is 1. The number of methoxy groups -OCH3 is 1. The van der Waals surface area contributed by atoms with Gasteiger partial charge in [-0.2, -0.15) is 26.3 Å². The van der Waals surface area contributed by atoms with E-state index in [1.807, 2.05) is 0 Å². The minimum atomic E-state index is -5.01. The predicted molar refractivity (Wildman–Crippen MR) is 91.6 cm³/mol. The van der Waals surface area contributed by atoms with Gasteiger partial charge in [0.25, 0.3) is 0 Å². The van der Waals surface area contributed by atoms with Crippen molar-refractivity contribution in [3.8, 4) is 0 Å². The van der Waals surface area contributed by atoms with Crippen LogP contribution < -0.4 is 10.6 Å². The van der Waals surface area contributed by atoms with E-state index in [1.54, 1.807) is 5.32 Å². The topological polar surface area (TPSA) is 102 Å². The minimum Gasteiger partial charge on any atom is -0.353 e. The molecule has 0 saturated heterocycles. The Balaban J connectivity index is 1.75. The third kappa shape index (κ3) is 7.36. The second-order valence-corrected chi connectivity index (χ2v) is 7.59. The van der Waals surface area contributed by atoms with E-state index in [2.05, 4.69) is 30.4 Å². The fourth-order valence-corrected chi connectivity index (χ4v) is 3.50. The third-order valence-corrected chi connectivity index (χ3v) is 5.04. The molecule has 0 aromatic carbocycles. The highest BCUT2D eigenvalue weighted by atomic mass is 32.1. The number of carbonyl (C=O) groups excluding carboxylic acids is 1. The Hall–Kier alpha value is -2.07. The van der Waals surface area contributed by atoms with Gasteiger partial charge in [0, 0.05) is 20.0 Å². The van der Waals surface area contributed by atoms with Crippen molar-refractivity contribution in [3.05, 3.63) is 10.0 Å². The molecule has 0 radical (unpaired) electrons. The van der Waals surface area contributed by atoms with Gasteiger partial charge in [0.1, 0.15) is 10.0 Å². The lowest BCUT2D eigenvalue weighted by atomic mass is 10.2. The van der Waals surface area contributed by atoms with Gasteiger partial charge in [-0.3, -0.25) is 10.1 Å². The molecule has 1 unspecified atom stereocenters. The van der Waals surface area contributed by atoms with Gasteiger partial charge in [-0.15, -0.1) is 20.4 Å². The lowest BCUT2D eigenvalue weighted by Crippen LogP contribution is -2.37. The number of nitrogens with zero attached hydrogens (tertiary/aromatic N) is 4. The Kier molecular flexibility index (Phi) is 7.70. The molecule has 16 heteroatoms. The lowest BCUT2D eigenvalue weighted by Gasteiger charge is -2.18. The van der Waals surface area contributed by atoms with Gasteiger partial charge in [-0.1, -0.05) is 22.7 Å². The van der Waals surface area contributed by atoms with Crippen LogP contribution in [-0.2, 0) is 22.4 Å². The predicted octanol–water partition coefficient (Wildman–Crippen LogP) is 3.40. The summed E-state index contributed by atoms with van der Waals surface area (Å²) in [5, 5.41) is 19.0. The zero-order valence-electron chi connectivity index (χ0n) is 14.6. The number of rotatable bonds is 9. The van der Waals surface area contributed by atoms with Crippen molar-refractivity contribution in [2.75, 3.05) is 17.7 Å². The maximum absolute atomic E-state index is 12.6. The number of ether oxygens (including phenoxy) is 1. The first kappa shape index (κ1) is 23.2. The third-order valence-electron chi connectivity index (χ3n) is 3.23. The summed E-state index contributed by atoms with van der Waals surface area (Å²) < 4.78 is 78.7. The zero-order chi connectivity index (χ0) is 21.7. The summed E-state index contributed by atoms with van der Waals surface area (Å²) in [5.74, 6) is -2.12. The Morgan fingerprint density at radius 2 is 1.48 bits per heavy atom. The molecule has 0 aliphatic carbocycles. The molecule has 0 spiro atoms. The molecular formula is C13H14F6N6O2S2. The fraction of sp³-hybridized carbons (Fsp3) is 0.615. The number of hydrogen-bond donors (Lipinski definition) is 2. The average Bonchev–Trinajstić information content (AvgIpc) is 3.24. The molecule has 162 valence electrons. The quantitative estimate of drug-likeness (QED) is 0.333. The second kappa shape index (κ2) is 9.62. The van der Waals surface area contributed by atoms with E-state index in [9.17, 15) is 31.1 Å². The molecule has 0 aliphatic heterocycles. The number of nitrogens with one attached hydrogen (secondary N) is 2. The van der Waals surface area contributed by atoms with Gasteiger partial charge in [0.2, 0.25) is 16.5 Å². The molecule has 8 nitrogen and oxygen atoms in total. The van der Waals surface area contributed by atoms with Crippen LogP contribution in [0.2, 0.25) is 0 Å². The molecule has 2 rings (SSSR count). The summed E-state index contributed by atoms with van der Waals surface area (Å²) in [6, 6.07) is 0. The Bertz CT molecular complexity index is 808. The molecule has 1 amide bonds. The highest BCUT2D eigenvalue weighted by Crippen LogP contribution is 2.26.